The van der Waals surface area contributed by atoms with E-state index in [-0.39, 0.29) is 0 Å². The van der Waals surface area contributed by atoms with Gasteiger partial charge in [-0.2, -0.15) is 0 Å². The molecule has 0 fully saturated rings. The van der Waals surface area contributed by atoms with Crippen molar-refractivity contribution < 1.29 is 0 Å². The largest absolute Gasteiger partial charge is 0.0877 e. The molecule has 0 heteroatoms. The van der Waals surface area contributed by atoms with Gasteiger partial charge in [0.15, 0.2) is 0 Å². The Labute approximate surface area is 39.2 Å². The normalized spacial score (nSPS) is 11.7. The molecular weight excluding hydrogens is 72.1 g/mol. The van der Waals surface area contributed by atoms with Crippen LogP contribution in [-0.2, 0) is 0 Å². The molecule has 0 aromatic heterocycles. The van der Waals surface area contributed by atoms with Crippen molar-refractivity contribution in [3.8, 4) is 0 Å². The van der Waals surface area contributed by atoms with E-state index in [0.717, 1.165) is 0 Å². The van der Waals surface area contributed by atoms with Gasteiger partial charge in [0, 0.05) is 0 Å². The minimum absolute atomic E-state index is 1.88. The first-order valence-corrected chi connectivity index (χ1v) is 2.03. The quantitative estimate of drug-likeness (QED) is 0.423. The second kappa shape index (κ2) is 4.48. The summed E-state index contributed by atoms with van der Waals surface area (Å²) >= 11 is 0. The summed E-state index contributed by atoms with van der Waals surface area (Å²) in [4.78, 5) is 0. The second-order valence-corrected chi connectivity index (χ2v) is 0.981. The molecule has 0 heterocycles. The predicted octanol–water partition coefficient (Wildman–Crippen LogP) is 1.94. The summed E-state index contributed by atoms with van der Waals surface area (Å²) in [7, 11) is 0. The Morgan fingerprint density at radius 1 is 1.50 bits per heavy atom. The third-order valence-corrected chi connectivity index (χ3v) is 0.455. The lowest BCUT2D eigenvalue weighted by Crippen LogP contribution is -1.41. The van der Waals surface area contributed by atoms with E-state index in [0.29, 0.717) is 0 Å². The molecule has 0 saturated heterocycles. The van der Waals surface area contributed by atoms with Crippen LogP contribution in [0, 0.1) is 6.08 Å². The van der Waals surface area contributed by atoms with Gasteiger partial charge in [0.25, 0.3) is 0 Å². The molecule has 0 bridgehead atoms. The molecule has 0 N–H and O–H groups in total. The van der Waals surface area contributed by atoms with Crippen LogP contribution >= 0.6 is 0 Å². The maximum absolute atomic E-state index is 2.86. The summed E-state index contributed by atoms with van der Waals surface area (Å²) in [6.45, 7) is 3.86. The van der Waals surface area contributed by atoms with E-state index in [9.17, 15) is 0 Å². The minimum atomic E-state index is 1.88. The van der Waals surface area contributed by atoms with Crippen LogP contribution in [0.2, 0.25) is 0 Å². The summed E-state index contributed by atoms with van der Waals surface area (Å²) in [6, 6.07) is 0. The van der Waals surface area contributed by atoms with E-state index in [1.807, 2.05) is 32.1 Å². The van der Waals surface area contributed by atoms with E-state index < -0.39 is 0 Å². The van der Waals surface area contributed by atoms with Crippen molar-refractivity contribution in [3.63, 3.8) is 0 Å². The van der Waals surface area contributed by atoms with Gasteiger partial charge in [0.2, 0.25) is 0 Å². The van der Waals surface area contributed by atoms with E-state index in [4.69, 9.17) is 0 Å². The summed E-state index contributed by atoms with van der Waals surface area (Å²) in [5.41, 5.74) is 0. The summed E-state index contributed by atoms with van der Waals surface area (Å²) in [5.74, 6) is 0. The lowest BCUT2D eigenvalue weighted by atomic mass is 10.5. The lowest BCUT2D eigenvalue weighted by Gasteiger charge is -1.61. The topological polar surface area (TPSA) is 0 Å². The second-order valence-electron chi connectivity index (χ2n) is 0.981. The third-order valence-electron chi connectivity index (χ3n) is 0.455. The van der Waals surface area contributed by atoms with Gasteiger partial charge in [-0.25, -0.2) is 0 Å². The monoisotopic (exact) mass is 81.1 g/mol. The van der Waals surface area contributed by atoms with Crippen LogP contribution in [0.25, 0.3) is 0 Å². The highest BCUT2D eigenvalue weighted by Crippen LogP contribution is 1.70. The van der Waals surface area contributed by atoms with Gasteiger partial charge in [-0.3, -0.25) is 0 Å². The van der Waals surface area contributed by atoms with Crippen molar-refractivity contribution in [2.24, 2.45) is 0 Å². The molecule has 0 atom stereocenters. The Kier molecular flexibility index (Phi) is 4.09. The number of hydrogen-bond acceptors (Lipinski definition) is 0. The summed E-state index contributed by atoms with van der Waals surface area (Å²) < 4.78 is 0. The van der Waals surface area contributed by atoms with Crippen LogP contribution in [0.4, 0.5) is 0 Å². The maximum Gasteiger partial charge on any atom is -0.0395 e. The molecule has 0 amide bonds. The highest BCUT2D eigenvalue weighted by atomic mass is 13.6. The molecule has 33 valence electrons. The highest BCUT2D eigenvalue weighted by molar-refractivity contribution is 4.95. The fourth-order valence-electron chi connectivity index (χ4n) is 0.192. The Hall–Kier alpha value is -0.520. The van der Waals surface area contributed by atoms with Crippen LogP contribution in [0.3, 0.4) is 0 Å². The summed E-state index contributed by atoms with van der Waals surface area (Å²) in [5, 5.41) is 0. The van der Waals surface area contributed by atoms with Crippen LogP contribution < -0.4 is 0 Å². The van der Waals surface area contributed by atoms with E-state index in [1.165, 1.54) is 0 Å². The fourth-order valence-corrected chi connectivity index (χ4v) is 0.192. The first-order valence-electron chi connectivity index (χ1n) is 2.03. The van der Waals surface area contributed by atoms with Gasteiger partial charge in [-0.15, -0.1) is 0 Å². The molecule has 0 nitrogen and oxygen atoms in total. The molecule has 0 aliphatic heterocycles. The maximum atomic E-state index is 2.86. The number of hydrogen-bond donors (Lipinski definition) is 0. The molecule has 6 heavy (non-hydrogen) atoms. The molecule has 0 unspecified atom stereocenters. The SMILES string of the molecule is C/[C]=C\C=C\C. The van der Waals surface area contributed by atoms with Gasteiger partial charge in [0.05, 0.1) is 0 Å². The predicted molar refractivity (Wildman–Crippen MR) is 28.3 cm³/mol. The Morgan fingerprint density at radius 3 is 2.33 bits per heavy atom. The van der Waals surface area contributed by atoms with E-state index in [2.05, 4.69) is 6.08 Å². The van der Waals surface area contributed by atoms with Gasteiger partial charge in [-0.05, 0) is 19.9 Å². The molecular formula is C6H9. The van der Waals surface area contributed by atoms with E-state index in [1.54, 1.807) is 0 Å². The Balaban J connectivity index is 3.07. The average Bonchev–Trinajstić information content (AvgIpc) is 1.61. The lowest BCUT2D eigenvalue weighted by molar-refractivity contribution is 1.63. The number of rotatable bonds is 1. The molecule has 0 saturated carbocycles. The van der Waals surface area contributed by atoms with Gasteiger partial charge in [-0.1, -0.05) is 18.2 Å². The standard InChI is InChI=1S/C6H9/c1-3-5-6-4-2/h3,5-6H,1-2H3/b5-3+,6-4?. The van der Waals surface area contributed by atoms with Gasteiger partial charge >= 0.3 is 0 Å². The first kappa shape index (κ1) is 5.48. The average molecular weight is 81.1 g/mol. The third kappa shape index (κ3) is 3.48. The molecule has 0 spiro atoms. The van der Waals surface area contributed by atoms with Crippen LogP contribution in [0.15, 0.2) is 18.2 Å². The van der Waals surface area contributed by atoms with Crippen molar-refractivity contribution in [1.82, 2.24) is 0 Å². The Bertz CT molecular complexity index is 48.4. The molecule has 0 aliphatic rings. The van der Waals surface area contributed by atoms with Crippen LogP contribution in [0.1, 0.15) is 13.8 Å². The highest BCUT2D eigenvalue weighted by Gasteiger charge is 1.49. The summed E-state index contributed by atoms with van der Waals surface area (Å²) in [6.07, 6.45) is 8.64. The van der Waals surface area contributed by atoms with Crippen molar-refractivity contribution in [1.29, 1.82) is 0 Å². The molecule has 0 aliphatic carbocycles. The minimum Gasteiger partial charge on any atom is -0.0877 e. The fraction of sp³-hybridized carbons (Fsp3) is 0.333. The van der Waals surface area contributed by atoms with Crippen molar-refractivity contribution in [2.75, 3.05) is 0 Å². The van der Waals surface area contributed by atoms with Crippen molar-refractivity contribution in [2.45, 2.75) is 13.8 Å². The van der Waals surface area contributed by atoms with Crippen LogP contribution in [0.5, 0.6) is 0 Å². The molecule has 1 radical (unpaired) electrons. The molecule has 0 rings (SSSR count). The Morgan fingerprint density at radius 2 is 2.17 bits per heavy atom. The zero-order valence-corrected chi connectivity index (χ0v) is 4.23. The molecule has 0 aromatic carbocycles. The molecule has 0 aromatic rings. The number of allylic oxidation sites excluding steroid dienone is 4. The van der Waals surface area contributed by atoms with Gasteiger partial charge < -0.3 is 0 Å². The first-order chi connectivity index (χ1) is 2.91. The van der Waals surface area contributed by atoms with Crippen molar-refractivity contribution in [3.05, 3.63) is 24.3 Å². The zero-order valence-electron chi connectivity index (χ0n) is 4.23. The van der Waals surface area contributed by atoms with E-state index >= 15 is 0 Å². The zero-order chi connectivity index (χ0) is 4.83. The van der Waals surface area contributed by atoms with Crippen LogP contribution in [-0.4, -0.2) is 0 Å². The smallest absolute Gasteiger partial charge is 0.0395 e. The van der Waals surface area contributed by atoms with Gasteiger partial charge in [0.1, 0.15) is 0 Å². The van der Waals surface area contributed by atoms with Crippen molar-refractivity contribution >= 4 is 0 Å².